The molecule has 0 spiro atoms. The van der Waals surface area contributed by atoms with Crippen LogP contribution >= 0.6 is 0 Å². The summed E-state index contributed by atoms with van der Waals surface area (Å²) in [5.41, 5.74) is 0. The first-order valence-corrected chi connectivity index (χ1v) is 6.04. The number of esters is 1. The van der Waals surface area contributed by atoms with Gasteiger partial charge in [0.2, 0.25) is 0 Å². The van der Waals surface area contributed by atoms with E-state index in [-0.39, 0.29) is 18.8 Å². The lowest BCUT2D eigenvalue weighted by atomic mass is 10.2. The van der Waals surface area contributed by atoms with Crippen molar-refractivity contribution < 1.29 is 18.7 Å². The predicted molar refractivity (Wildman–Crippen MR) is 67.3 cm³/mol. The van der Waals surface area contributed by atoms with Crippen LogP contribution < -0.4 is 4.74 Å². The summed E-state index contributed by atoms with van der Waals surface area (Å²) in [6.07, 6.45) is 0.746. The summed E-state index contributed by atoms with van der Waals surface area (Å²) in [4.78, 5) is 21.8. The van der Waals surface area contributed by atoms with Crippen molar-refractivity contribution in [1.29, 1.82) is 0 Å². The van der Waals surface area contributed by atoms with Crippen LogP contribution in [-0.2, 0) is 9.53 Å². The molecule has 0 amide bonds. The number of rotatable bonds is 8. The van der Waals surface area contributed by atoms with Crippen LogP contribution in [-0.4, -0.2) is 25.2 Å². The van der Waals surface area contributed by atoms with Gasteiger partial charge in [0.1, 0.15) is 11.6 Å². The number of hydrogen-bond acceptors (Lipinski definition) is 5. The van der Waals surface area contributed by atoms with Gasteiger partial charge in [0, 0.05) is 0 Å². The van der Waals surface area contributed by atoms with E-state index >= 15 is 0 Å². The number of hydrogen-bond donors (Lipinski definition) is 0. The van der Waals surface area contributed by atoms with Crippen LogP contribution in [0.15, 0.2) is 29.4 Å². The maximum Gasteiger partial charge on any atom is 0.334 e. The van der Waals surface area contributed by atoms with E-state index in [9.17, 15) is 14.1 Å². The molecule has 0 aromatic heterocycles. The van der Waals surface area contributed by atoms with Gasteiger partial charge in [-0.1, -0.05) is 5.18 Å². The smallest absolute Gasteiger partial charge is 0.334 e. The van der Waals surface area contributed by atoms with Crippen LogP contribution in [0, 0.1) is 10.7 Å². The van der Waals surface area contributed by atoms with E-state index in [4.69, 9.17) is 9.47 Å². The molecule has 1 aromatic carbocycles. The molecule has 1 rings (SSSR count). The van der Waals surface area contributed by atoms with E-state index in [1.165, 1.54) is 24.3 Å². The Labute approximate surface area is 110 Å². The minimum atomic E-state index is -0.989. The van der Waals surface area contributed by atoms with Crippen LogP contribution in [0.4, 0.5) is 4.39 Å². The average Bonchev–Trinajstić information content (AvgIpc) is 2.41. The molecule has 0 aliphatic carbocycles. The third kappa shape index (κ3) is 5.46. The quantitative estimate of drug-likeness (QED) is 0.413. The van der Waals surface area contributed by atoms with Crippen molar-refractivity contribution in [2.24, 2.45) is 5.18 Å². The first-order chi connectivity index (χ1) is 9.17. The Morgan fingerprint density at radius 2 is 2.05 bits per heavy atom. The lowest BCUT2D eigenvalue weighted by Gasteiger charge is -2.09. The highest BCUT2D eigenvalue weighted by molar-refractivity contribution is 5.75. The van der Waals surface area contributed by atoms with Gasteiger partial charge in [0.25, 0.3) is 0 Å². The van der Waals surface area contributed by atoms with E-state index in [0.717, 1.165) is 0 Å². The summed E-state index contributed by atoms with van der Waals surface area (Å²) in [7, 11) is 0. The Balaban J connectivity index is 2.27. The van der Waals surface area contributed by atoms with Gasteiger partial charge < -0.3 is 9.47 Å². The average molecular weight is 269 g/mol. The fourth-order valence-corrected chi connectivity index (χ4v) is 1.45. The van der Waals surface area contributed by atoms with E-state index in [0.29, 0.717) is 18.8 Å². The fraction of sp³-hybridized carbons (Fsp3) is 0.462. The second-order valence-corrected chi connectivity index (χ2v) is 3.82. The summed E-state index contributed by atoms with van der Waals surface area (Å²) < 4.78 is 22.7. The highest BCUT2D eigenvalue weighted by Crippen LogP contribution is 2.12. The molecule has 0 saturated carbocycles. The molecule has 0 aliphatic rings. The van der Waals surface area contributed by atoms with Gasteiger partial charge >= 0.3 is 5.97 Å². The van der Waals surface area contributed by atoms with E-state index in [2.05, 4.69) is 5.18 Å². The number of carbonyl (C=O) groups is 1. The molecule has 0 N–H and O–H groups in total. The van der Waals surface area contributed by atoms with Gasteiger partial charge in [-0.15, -0.1) is 4.91 Å². The third-order valence-corrected chi connectivity index (χ3v) is 2.39. The van der Waals surface area contributed by atoms with Gasteiger partial charge in [-0.2, -0.15) is 0 Å². The largest absolute Gasteiger partial charge is 0.494 e. The first-order valence-electron chi connectivity index (χ1n) is 6.04. The summed E-state index contributed by atoms with van der Waals surface area (Å²) in [5.74, 6) is -0.410. The minimum Gasteiger partial charge on any atom is -0.494 e. The van der Waals surface area contributed by atoms with E-state index in [1.807, 2.05) is 0 Å². The van der Waals surface area contributed by atoms with Crippen molar-refractivity contribution in [3.8, 4) is 5.75 Å². The lowest BCUT2D eigenvalue weighted by molar-refractivity contribution is -0.144. The highest BCUT2D eigenvalue weighted by atomic mass is 19.1. The maximum absolute atomic E-state index is 12.6. The number of ether oxygens (including phenoxy) is 2. The second kappa shape index (κ2) is 8.18. The van der Waals surface area contributed by atoms with Gasteiger partial charge in [-0.3, -0.25) is 0 Å². The second-order valence-electron chi connectivity index (χ2n) is 3.82. The molecular weight excluding hydrogens is 253 g/mol. The molecule has 1 atom stereocenters. The summed E-state index contributed by atoms with van der Waals surface area (Å²) in [5, 5.41) is 2.73. The topological polar surface area (TPSA) is 65.0 Å². The van der Waals surface area contributed by atoms with Crippen molar-refractivity contribution in [2.75, 3.05) is 13.2 Å². The summed E-state index contributed by atoms with van der Waals surface area (Å²) >= 11 is 0. The molecule has 5 nitrogen and oxygen atoms in total. The molecule has 0 bridgehead atoms. The first kappa shape index (κ1) is 15.1. The molecule has 1 unspecified atom stereocenters. The molecule has 0 fully saturated rings. The molecule has 0 radical (unpaired) electrons. The van der Waals surface area contributed by atoms with Gasteiger partial charge in [-0.05, 0) is 44.0 Å². The number of benzene rings is 1. The zero-order valence-corrected chi connectivity index (χ0v) is 10.7. The Morgan fingerprint density at radius 1 is 1.37 bits per heavy atom. The third-order valence-electron chi connectivity index (χ3n) is 2.39. The Bertz CT molecular complexity index is 408. The van der Waals surface area contributed by atoms with E-state index in [1.54, 1.807) is 6.92 Å². The van der Waals surface area contributed by atoms with Crippen LogP contribution in [0.5, 0.6) is 5.75 Å². The molecule has 6 heteroatoms. The lowest BCUT2D eigenvalue weighted by Crippen LogP contribution is -2.21. The van der Waals surface area contributed by atoms with Crippen molar-refractivity contribution in [2.45, 2.75) is 25.8 Å². The number of nitroso groups, excluding NO2 is 1. The van der Waals surface area contributed by atoms with Crippen LogP contribution in [0.1, 0.15) is 19.8 Å². The zero-order valence-electron chi connectivity index (χ0n) is 10.7. The standard InChI is InChI=1S/C13H16FNO4/c1-2-18-13(16)12(15-17)4-3-9-19-11-7-5-10(14)6-8-11/h5-8,12H,2-4,9H2,1H3. The van der Waals surface area contributed by atoms with Crippen molar-refractivity contribution >= 4 is 5.97 Å². The highest BCUT2D eigenvalue weighted by Gasteiger charge is 2.19. The molecule has 19 heavy (non-hydrogen) atoms. The SMILES string of the molecule is CCOC(=O)C(CCCOc1ccc(F)cc1)N=O. The Morgan fingerprint density at radius 3 is 2.63 bits per heavy atom. The molecular formula is C13H16FNO4. The molecule has 0 heterocycles. The van der Waals surface area contributed by atoms with Crippen LogP contribution in [0.25, 0.3) is 0 Å². The fourth-order valence-electron chi connectivity index (χ4n) is 1.45. The summed E-state index contributed by atoms with van der Waals surface area (Å²) in [6, 6.07) is 4.62. The molecule has 1 aromatic rings. The van der Waals surface area contributed by atoms with Crippen molar-refractivity contribution in [3.05, 3.63) is 35.0 Å². The number of nitrogens with zero attached hydrogens (tertiary/aromatic N) is 1. The summed E-state index contributed by atoms with van der Waals surface area (Å²) in [6.45, 7) is 2.20. The van der Waals surface area contributed by atoms with Crippen molar-refractivity contribution in [3.63, 3.8) is 0 Å². The van der Waals surface area contributed by atoms with Gasteiger partial charge in [0.15, 0.2) is 6.04 Å². The Hall–Kier alpha value is -1.98. The monoisotopic (exact) mass is 269 g/mol. The molecule has 0 aliphatic heterocycles. The van der Waals surface area contributed by atoms with Crippen molar-refractivity contribution in [1.82, 2.24) is 0 Å². The normalized spacial score (nSPS) is 11.7. The van der Waals surface area contributed by atoms with Gasteiger partial charge in [0.05, 0.1) is 13.2 Å². The predicted octanol–water partition coefficient (Wildman–Crippen LogP) is 2.68. The van der Waals surface area contributed by atoms with Crippen LogP contribution in [0.2, 0.25) is 0 Å². The van der Waals surface area contributed by atoms with Gasteiger partial charge in [-0.25, -0.2) is 9.18 Å². The molecule has 104 valence electrons. The maximum atomic E-state index is 12.6. The van der Waals surface area contributed by atoms with Crippen LogP contribution in [0.3, 0.4) is 0 Å². The number of carbonyl (C=O) groups excluding carboxylic acids is 1. The number of halogens is 1. The molecule has 0 saturated heterocycles. The zero-order chi connectivity index (χ0) is 14.1. The minimum absolute atomic E-state index is 0.219. The Kier molecular flexibility index (Phi) is 6.49. The van der Waals surface area contributed by atoms with E-state index < -0.39 is 12.0 Å².